The van der Waals surface area contributed by atoms with E-state index in [1.165, 1.54) is 5.56 Å². The number of nitrogens with one attached hydrogen (secondary N) is 1. The van der Waals surface area contributed by atoms with Gasteiger partial charge in [0.25, 0.3) is 0 Å². The summed E-state index contributed by atoms with van der Waals surface area (Å²) in [5.41, 5.74) is 2.41. The van der Waals surface area contributed by atoms with E-state index < -0.39 is 0 Å². The first kappa shape index (κ1) is 13.5. The zero-order chi connectivity index (χ0) is 13.0. The molecule has 0 aliphatic carbocycles. The molecule has 1 heterocycles. The summed E-state index contributed by atoms with van der Waals surface area (Å²) in [6.07, 6.45) is 2.08. The maximum atomic E-state index is 4.50. The third kappa shape index (κ3) is 3.22. The molecule has 0 amide bonds. The molecule has 1 rings (SSSR count). The Labute approximate surface area is 104 Å². The number of aryl methyl sites for hydroxylation is 1. The van der Waals surface area contributed by atoms with E-state index in [2.05, 4.69) is 40.4 Å². The lowest BCUT2D eigenvalue weighted by Crippen LogP contribution is -2.36. The molecule has 5 nitrogen and oxygen atoms in total. The van der Waals surface area contributed by atoms with E-state index in [1.807, 2.05) is 25.8 Å². The van der Waals surface area contributed by atoms with E-state index in [0.717, 1.165) is 18.2 Å². The van der Waals surface area contributed by atoms with Crippen LogP contribution in [0, 0.1) is 0 Å². The van der Waals surface area contributed by atoms with Crippen molar-refractivity contribution in [2.75, 3.05) is 21.1 Å². The van der Waals surface area contributed by atoms with Crippen LogP contribution in [0.15, 0.2) is 11.2 Å². The SMILES string of the molecule is CN=C(NC)N(C)Cc1cn(C)nc1C(C)C. The number of guanidine groups is 1. The number of aliphatic imine (C=N–C) groups is 1. The highest BCUT2D eigenvalue weighted by molar-refractivity contribution is 5.79. The molecule has 1 N–H and O–H groups in total. The van der Waals surface area contributed by atoms with Crippen LogP contribution >= 0.6 is 0 Å². The fraction of sp³-hybridized carbons (Fsp3) is 0.667. The minimum absolute atomic E-state index is 0.441. The van der Waals surface area contributed by atoms with Crippen molar-refractivity contribution in [2.45, 2.75) is 26.3 Å². The number of hydrogen-bond acceptors (Lipinski definition) is 2. The van der Waals surface area contributed by atoms with Crippen molar-refractivity contribution in [1.82, 2.24) is 20.0 Å². The molecule has 0 aromatic carbocycles. The quantitative estimate of drug-likeness (QED) is 0.634. The van der Waals surface area contributed by atoms with Gasteiger partial charge in [-0.2, -0.15) is 5.10 Å². The minimum atomic E-state index is 0.441. The Kier molecular flexibility index (Phi) is 4.54. The Morgan fingerprint density at radius 1 is 1.59 bits per heavy atom. The summed E-state index contributed by atoms with van der Waals surface area (Å²) in [4.78, 5) is 6.27. The van der Waals surface area contributed by atoms with Crippen molar-refractivity contribution in [3.63, 3.8) is 0 Å². The number of hydrogen-bond donors (Lipinski definition) is 1. The Hall–Kier alpha value is -1.52. The number of nitrogens with zero attached hydrogens (tertiary/aromatic N) is 4. The second kappa shape index (κ2) is 5.70. The second-order valence-electron chi connectivity index (χ2n) is 4.52. The zero-order valence-electron chi connectivity index (χ0n) is 11.7. The van der Waals surface area contributed by atoms with E-state index in [4.69, 9.17) is 0 Å². The Balaban J connectivity index is 2.87. The molecular formula is C12H23N5. The summed E-state index contributed by atoms with van der Waals surface area (Å²) in [6, 6.07) is 0. The third-order valence-corrected chi connectivity index (χ3v) is 2.69. The molecule has 0 unspecified atom stereocenters. The fourth-order valence-electron chi connectivity index (χ4n) is 1.97. The Morgan fingerprint density at radius 3 is 2.71 bits per heavy atom. The lowest BCUT2D eigenvalue weighted by molar-refractivity contribution is 0.479. The molecule has 0 saturated carbocycles. The molecule has 0 spiro atoms. The standard InChI is InChI=1S/C12H23N5/c1-9(2)11-10(8-17(6)15-11)7-16(5)12(13-3)14-4/h8-9H,7H2,1-6H3,(H,13,14). The van der Waals surface area contributed by atoms with Gasteiger partial charge in [0, 0.05) is 46.5 Å². The lowest BCUT2D eigenvalue weighted by Gasteiger charge is -2.20. The molecule has 0 bridgehead atoms. The average Bonchev–Trinajstić information content (AvgIpc) is 2.61. The van der Waals surface area contributed by atoms with Gasteiger partial charge in [0.2, 0.25) is 0 Å². The molecule has 0 radical (unpaired) electrons. The summed E-state index contributed by atoms with van der Waals surface area (Å²) in [7, 11) is 7.65. The molecule has 96 valence electrons. The van der Waals surface area contributed by atoms with Crippen molar-refractivity contribution in [3.05, 3.63) is 17.5 Å². The summed E-state index contributed by atoms with van der Waals surface area (Å²) >= 11 is 0. The summed E-state index contributed by atoms with van der Waals surface area (Å²) in [5, 5.41) is 7.58. The topological polar surface area (TPSA) is 45.5 Å². The minimum Gasteiger partial charge on any atom is -0.359 e. The summed E-state index contributed by atoms with van der Waals surface area (Å²) < 4.78 is 1.88. The van der Waals surface area contributed by atoms with Crippen LogP contribution < -0.4 is 5.32 Å². The first-order valence-electron chi connectivity index (χ1n) is 5.87. The van der Waals surface area contributed by atoms with Gasteiger partial charge in [-0.05, 0) is 5.92 Å². The molecule has 0 fully saturated rings. The van der Waals surface area contributed by atoms with Crippen LogP contribution in [0.4, 0.5) is 0 Å². The van der Waals surface area contributed by atoms with Crippen LogP contribution in [0.1, 0.15) is 31.0 Å². The van der Waals surface area contributed by atoms with Gasteiger partial charge < -0.3 is 10.2 Å². The van der Waals surface area contributed by atoms with E-state index in [1.54, 1.807) is 7.05 Å². The fourth-order valence-corrected chi connectivity index (χ4v) is 1.97. The summed E-state index contributed by atoms with van der Waals surface area (Å²) in [6.45, 7) is 5.15. The number of aromatic nitrogens is 2. The van der Waals surface area contributed by atoms with Gasteiger partial charge in [-0.1, -0.05) is 13.8 Å². The normalized spacial score (nSPS) is 12.1. The number of rotatable bonds is 3. The molecular weight excluding hydrogens is 214 g/mol. The van der Waals surface area contributed by atoms with Gasteiger partial charge in [0.1, 0.15) is 0 Å². The van der Waals surface area contributed by atoms with E-state index >= 15 is 0 Å². The van der Waals surface area contributed by atoms with Crippen molar-refractivity contribution < 1.29 is 0 Å². The molecule has 0 aliphatic rings. The Morgan fingerprint density at radius 2 is 2.24 bits per heavy atom. The first-order chi connectivity index (χ1) is 7.99. The van der Waals surface area contributed by atoms with Crippen LogP contribution in [0.3, 0.4) is 0 Å². The highest BCUT2D eigenvalue weighted by Gasteiger charge is 2.14. The maximum absolute atomic E-state index is 4.50. The highest BCUT2D eigenvalue weighted by Crippen LogP contribution is 2.18. The average molecular weight is 237 g/mol. The van der Waals surface area contributed by atoms with Crippen molar-refractivity contribution in [1.29, 1.82) is 0 Å². The van der Waals surface area contributed by atoms with Crippen LogP contribution in [0.25, 0.3) is 0 Å². The molecule has 0 saturated heterocycles. The third-order valence-electron chi connectivity index (χ3n) is 2.69. The molecule has 1 aromatic heterocycles. The van der Waals surface area contributed by atoms with Gasteiger partial charge in [0.15, 0.2) is 5.96 Å². The molecule has 5 heteroatoms. The van der Waals surface area contributed by atoms with Crippen LogP contribution in [0.2, 0.25) is 0 Å². The van der Waals surface area contributed by atoms with Crippen molar-refractivity contribution in [3.8, 4) is 0 Å². The van der Waals surface area contributed by atoms with Gasteiger partial charge in [-0.3, -0.25) is 9.67 Å². The molecule has 17 heavy (non-hydrogen) atoms. The molecule has 1 aromatic rings. The van der Waals surface area contributed by atoms with Gasteiger partial charge in [0.05, 0.1) is 5.69 Å². The van der Waals surface area contributed by atoms with Crippen LogP contribution in [-0.2, 0) is 13.6 Å². The van der Waals surface area contributed by atoms with Crippen molar-refractivity contribution in [2.24, 2.45) is 12.0 Å². The lowest BCUT2D eigenvalue weighted by atomic mass is 10.1. The smallest absolute Gasteiger partial charge is 0.193 e. The predicted molar refractivity (Wildman–Crippen MR) is 71.2 cm³/mol. The summed E-state index contributed by atoms with van der Waals surface area (Å²) in [5.74, 6) is 1.32. The van der Waals surface area contributed by atoms with Gasteiger partial charge >= 0.3 is 0 Å². The first-order valence-corrected chi connectivity index (χ1v) is 5.87. The maximum Gasteiger partial charge on any atom is 0.193 e. The van der Waals surface area contributed by atoms with E-state index in [-0.39, 0.29) is 0 Å². The monoisotopic (exact) mass is 237 g/mol. The largest absolute Gasteiger partial charge is 0.359 e. The van der Waals surface area contributed by atoms with Crippen molar-refractivity contribution >= 4 is 5.96 Å². The van der Waals surface area contributed by atoms with E-state index in [0.29, 0.717) is 5.92 Å². The predicted octanol–water partition coefficient (Wildman–Crippen LogP) is 1.18. The highest BCUT2D eigenvalue weighted by atomic mass is 15.3. The van der Waals surface area contributed by atoms with Gasteiger partial charge in [-0.15, -0.1) is 0 Å². The van der Waals surface area contributed by atoms with Crippen LogP contribution in [0.5, 0.6) is 0 Å². The molecule has 0 atom stereocenters. The molecule has 0 aliphatic heterocycles. The van der Waals surface area contributed by atoms with Gasteiger partial charge in [-0.25, -0.2) is 0 Å². The van der Waals surface area contributed by atoms with Crippen LogP contribution in [-0.4, -0.2) is 41.8 Å². The Bertz CT molecular complexity index is 392. The zero-order valence-corrected chi connectivity index (χ0v) is 11.7. The van der Waals surface area contributed by atoms with E-state index in [9.17, 15) is 0 Å². The second-order valence-corrected chi connectivity index (χ2v) is 4.52.